The Kier molecular flexibility index (Phi) is 8.65. The molecule has 2 N–H and O–H groups in total. The van der Waals surface area contributed by atoms with Crippen molar-refractivity contribution in [3.63, 3.8) is 0 Å². The van der Waals surface area contributed by atoms with Crippen LogP contribution in [0.4, 0.5) is 13.2 Å². The van der Waals surface area contributed by atoms with Gasteiger partial charge < -0.3 is 14.9 Å². The highest BCUT2D eigenvalue weighted by molar-refractivity contribution is 5.85. The number of carbonyl (C=O) groups is 1. The number of halogens is 4. The van der Waals surface area contributed by atoms with Crippen molar-refractivity contribution in [1.29, 1.82) is 5.26 Å². The zero-order valence-electron chi connectivity index (χ0n) is 19.1. The van der Waals surface area contributed by atoms with Crippen LogP contribution in [0.1, 0.15) is 23.1 Å². The first-order valence-corrected chi connectivity index (χ1v) is 10.8. The standard InChI is InChI=1S/C26H19F3N4O3.ClH/c27-26(28,29)22-13-18(9-10-21(22)20-4-2-1-3-19(20)14-30)25-32-24(33-36-25)17-7-5-16(6-8-17)15-31-12-11-23(34)35;/h1-10,13,31H,11-12,15H2,(H,34,35);1H. The van der Waals surface area contributed by atoms with Gasteiger partial charge in [-0.25, -0.2) is 0 Å². The van der Waals surface area contributed by atoms with Gasteiger partial charge in [-0.15, -0.1) is 12.4 Å². The first-order chi connectivity index (χ1) is 17.3. The van der Waals surface area contributed by atoms with E-state index < -0.39 is 17.7 Å². The maximum atomic E-state index is 13.9. The number of benzene rings is 3. The Morgan fingerprint density at radius 1 is 1.03 bits per heavy atom. The molecule has 0 saturated heterocycles. The summed E-state index contributed by atoms with van der Waals surface area (Å²) in [6.07, 6.45) is -4.66. The van der Waals surface area contributed by atoms with Crippen LogP contribution in [0.2, 0.25) is 0 Å². The van der Waals surface area contributed by atoms with Crippen LogP contribution in [0.3, 0.4) is 0 Å². The number of aliphatic carboxylic acids is 1. The molecule has 0 radical (unpaired) electrons. The van der Waals surface area contributed by atoms with Crippen molar-refractivity contribution in [2.45, 2.75) is 19.1 Å². The fourth-order valence-electron chi connectivity index (χ4n) is 3.62. The zero-order chi connectivity index (χ0) is 25.7. The number of hydrogen-bond acceptors (Lipinski definition) is 6. The molecule has 0 saturated carbocycles. The van der Waals surface area contributed by atoms with E-state index >= 15 is 0 Å². The number of hydrogen-bond donors (Lipinski definition) is 2. The monoisotopic (exact) mass is 528 g/mol. The van der Waals surface area contributed by atoms with Gasteiger partial charge in [0.15, 0.2) is 0 Å². The minimum Gasteiger partial charge on any atom is -0.481 e. The largest absolute Gasteiger partial charge is 0.481 e. The maximum Gasteiger partial charge on any atom is 0.417 e. The van der Waals surface area contributed by atoms with Crippen molar-refractivity contribution in [3.05, 3.63) is 83.4 Å². The lowest BCUT2D eigenvalue weighted by atomic mass is 9.94. The molecule has 4 rings (SSSR count). The molecule has 3 aromatic carbocycles. The third-order valence-corrected chi connectivity index (χ3v) is 5.39. The number of carboxylic acid groups (broad SMARTS) is 1. The number of alkyl halides is 3. The molecule has 1 heterocycles. The van der Waals surface area contributed by atoms with Gasteiger partial charge in [0.2, 0.25) is 5.82 Å². The molecule has 1 aromatic heterocycles. The fourth-order valence-corrected chi connectivity index (χ4v) is 3.62. The van der Waals surface area contributed by atoms with E-state index in [0.29, 0.717) is 18.7 Å². The molecule has 0 fully saturated rings. The van der Waals surface area contributed by atoms with Gasteiger partial charge in [-0.1, -0.05) is 53.7 Å². The summed E-state index contributed by atoms with van der Waals surface area (Å²) in [6, 6.07) is 18.8. The third kappa shape index (κ3) is 6.52. The topological polar surface area (TPSA) is 112 Å². The predicted molar refractivity (Wildman–Crippen MR) is 132 cm³/mol. The maximum absolute atomic E-state index is 13.9. The van der Waals surface area contributed by atoms with E-state index in [1.54, 1.807) is 24.3 Å². The van der Waals surface area contributed by atoms with Crippen LogP contribution in [-0.2, 0) is 17.5 Å². The van der Waals surface area contributed by atoms with Gasteiger partial charge in [-0.3, -0.25) is 4.79 Å². The van der Waals surface area contributed by atoms with Gasteiger partial charge in [0, 0.05) is 29.8 Å². The SMILES string of the molecule is Cl.N#Cc1ccccc1-c1ccc(-c2nc(-c3ccc(CNCCC(=O)O)cc3)no2)cc1C(F)(F)F. The van der Waals surface area contributed by atoms with Crippen molar-refractivity contribution in [1.82, 2.24) is 15.5 Å². The van der Waals surface area contributed by atoms with Crippen molar-refractivity contribution >= 4 is 18.4 Å². The lowest BCUT2D eigenvalue weighted by Crippen LogP contribution is -2.17. The van der Waals surface area contributed by atoms with Gasteiger partial charge in [-0.2, -0.15) is 23.4 Å². The minimum absolute atomic E-state index is 0. The summed E-state index contributed by atoms with van der Waals surface area (Å²) in [6.45, 7) is 0.818. The van der Waals surface area contributed by atoms with Gasteiger partial charge in [0.1, 0.15) is 0 Å². The van der Waals surface area contributed by atoms with E-state index in [9.17, 15) is 23.2 Å². The average Bonchev–Trinajstić information content (AvgIpc) is 3.36. The number of rotatable bonds is 8. The van der Waals surface area contributed by atoms with Crippen LogP contribution in [0.25, 0.3) is 34.0 Å². The van der Waals surface area contributed by atoms with Gasteiger partial charge in [0.25, 0.3) is 5.89 Å². The molecule has 0 aliphatic heterocycles. The molecule has 0 unspecified atom stereocenters. The molecule has 7 nitrogen and oxygen atoms in total. The second-order valence-corrected chi connectivity index (χ2v) is 7.86. The van der Waals surface area contributed by atoms with E-state index in [4.69, 9.17) is 9.63 Å². The summed E-state index contributed by atoms with van der Waals surface area (Å²) in [5.74, 6) is -0.743. The first kappa shape index (κ1) is 27.4. The highest BCUT2D eigenvalue weighted by atomic mass is 35.5. The van der Waals surface area contributed by atoms with Gasteiger partial charge in [-0.05, 0) is 29.3 Å². The molecular weight excluding hydrogens is 509 g/mol. The summed E-state index contributed by atoms with van der Waals surface area (Å²) in [7, 11) is 0. The number of nitrogens with zero attached hydrogens (tertiary/aromatic N) is 3. The van der Waals surface area contributed by atoms with Crippen LogP contribution >= 0.6 is 12.4 Å². The van der Waals surface area contributed by atoms with E-state index in [1.165, 1.54) is 24.3 Å². The normalized spacial score (nSPS) is 11.0. The third-order valence-electron chi connectivity index (χ3n) is 5.39. The van der Waals surface area contributed by atoms with Crippen molar-refractivity contribution in [2.75, 3.05) is 6.54 Å². The summed E-state index contributed by atoms with van der Waals surface area (Å²) in [5, 5.41) is 24.9. The van der Waals surface area contributed by atoms with E-state index in [0.717, 1.165) is 11.6 Å². The average molecular weight is 529 g/mol. The molecule has 0 atom stereocenters. The number of carboxylic acids is 1. The Morgan fingerprint density at radius 2 is 1.73 bits per heavy atom. The van der Waals surface area contributed by atoms with E-state index in [1.807, 2.05) is 18.2 Å². The molecule has 0 aliphatic rings. The van der Waals surface area contributed by atoms with Crippen LogP contribution in [0.15, 0.2) is 71.3 Å². The fraction of sp³-hybridized carbons (Fsp3) is 0.154. The highest BCUT2D eigenvalue weighted by Crippen LogP contribution is 2.40. The number of aromatic nitrogens is 2. The Morgan fingerprint density at radius 3 is 2.41 bits per heavy atom. The lowest BCUT2D eigenvalue weighted by Gasteiger charge is -2.14. The van der Waals surface area contributed by atoms with E-state index in [2.05, 4.69) is 15.5 Å². The van der Waals surface area contributed by atoms with Crippen LogP contribution in [-0.4, -0.2) is 27.8 Å². The summed E-state index contributed by atoms with van der Waals surface area (Å²) >= 11 is 0. The molecule has 0 bridgehead atoms. The molecule has 4 aromatic rings. The number of nitrogens with one attached hydrogen (secondary N) is 1. The predicted octanol–water partition coefficient (Wildman–Crippen LogP) is 5.95. The molecule has 0 spiro atoms. The Labute approximate surface area is 216 Å². The minimum atomic E-state index is -4.68. The smallest absolute Gasteiger partial charge is 0.417 e. The summed E-state index contributed by atoms with van der Waals surface area (Å²) in [5.41, 5.74) is 0.904. The number of nitriles is 1. The molecule has 0 amide bonds. The molecule has 11 heteroatoms. The van der Waals surface area contributed by atoms with Gasteiger partial charge in [0.05, 0.1) is 23.6 Å². The summed E-state index contributed by atoms with van der Waals surface area (Å²) < 4.78 is 47.1. The van der Waals surface area contributed by atoms with E-state index in [-0.39, 0.29) is 52.8 Å². The van der Waals surface area contributed by atoms with Crippen LogP contribution in [0, 0.1) is 11.3 Å². The Balaban J connectivity index is 0.00000380. The molecule has 190 valence electrons. The van der Waals surface area contributed by atoms with Gasteiger partial charge >= 0.3 is 12.1 Å². The zero-order valence-corrected chi connectivity index (χ0v) is 19.9. The Hall–Kier alpha value is -4.20. The molecule has 37 heavy (non-hydrogen) atoms. The Bertz CT molecular complexity index is 1430. The highest BCUT2D eigenvalue weighted by Gasteiger charge is 2.35. The second-order valence-electron chi connectivity index (χ2n) is 7.86. The van der Waals surface area contributed by atoms with Crippen LogP contribution in [0.5, 0.6) is 0 Å². The molecular formula is C26H20ClF3N4O3. The summed E-state index contributed by atoms with van der Waals surface area (Å²) in [4.78, 5) is 14.8. The van der Waals surface area contributed by atoms with Crippen molar-refractivity contribution < 1.29 is 27.6 Å². The van der Waals surface area contributed by atoms with Crippen molar-refractivity contribution in [3.8, 4) is 40.0 Å². The second kappa shape index (κ2) is 11.7. The first-order valence-electron chi connectivity index (χ1n) is 10.8. The molecule has 0 aliphatic carbocycles. The van der Waals surface area contributed by atoms with Crippen molar-refractivity contribution in [2.24, 2.45) is 0 Å². The lowest BCUT2D eigenvalue weighted by molar-refractivity contribution is -0.137. The quantitative estimate of drug-likeness (QED) is 0.272. The van der Waals surface area contributed by atoms with Crippen LogP contribution < -0.4 is 5.32 Å².